The summed E-state index contributed by atoms with van der Waals surface area (Å²) in [7, 11) is 0. The molecule has 1 heterocycles. The van der Waals surface area contributed by atoms with Crippen molar-refractivity contribution in [2.24, 2.45) is 0 Å². The second kappa shape index (κ2) is 6.22. The van der Waals surface area contributed by atoms with Gasteiger partial charge < -0.3 is 4.55 Å². The molecule has 0 saturated heterocycles. The predicted molar refractivity (Wildman–Crippen MR) is 54.7 cm³/mol. The molecule has 76 valence electrons. The molecule has 1 atom stereocenters. The molecular weight excluding hydrogens is 235 g/mol. The summed E-state index contributed by atoms with van der Waals surface area (Å²) in [5.74, 6) is 0.518. The maximum absolute atomic E-state index is 10.6. The van der Waals surface area contributed by atoms with Crippen molar-refractivity contribution in [1.29, 1.82) is 0 Å². The Balaban J connectivity index is 0.00000128. The van der Waals surface area contributed by atoms with Crippen LogP contribution in [-0.4, -0.2) is 18.7 Å². The zero-order chi connectivity index (χ0) is 10.7. The Bertz CT molecular complexity index is 476. The minimum atomic E-state index is -2.27. The van der Waals surface area contributed by atoms with Crippen LogP contribution in [0.25, 0.3) is 11.4 Å². The summed E-state index contributed by atoms with van der Waals surface area (Å²) in [6.45, 7) is 0. The molecule has 1 aromatic heterocycles. The normalized spacial score (nSPS) is 11.6. The van der Waals surface area contributed by atoms with E-state index in [4.69, 9.17) is 0 Å². The fourth-order valence-corrected chi connectivity index (χ4v) is 1.42. The number of rotatable bonds is 2. The topological polar surface area (TPSA) is 65.9 Å². The van der Waals surface area contributed by atoms with Crippen LogP contribution in [0, 0.1) is 0 Å². The molecule has 0 radical (unpaired) electrons. The molecule has 6 heteroatoms. The Morgan fingerprint density at radius 1 is 1.06 bits per heavy atom. The zero-order valence-corrected chi connectivity index (χ0v) is 11.5. The quantitative estimate of drug-likeness (QED) is 0.469. The Morgan fingerprint density at radius 2 is 1.62 bits per heavy atom. The van der Waals surface area contributed by atoms with Gasteiger partial charge in [-0.05, 0) is 11.1 Å². The first-order valence-electron chi connectivity index (χ1n) is 4.24. The molecule has 0 N–H and O–H groups in total. The van der Waals surface area contributed by atoms with Gasteiger partial charge in [-0.15, -0.1) is 0 Å². The largest absolute Gasteiger partial charge is 1.00 e. The van der Waals surface area contributed by atoms with Crippen LogP contribution in [0.1, 0.15) is 0 Å². The van der Waals surface area contributed by atoms with Crippen molar-refractivity contribution in [3.63, 3.8) is 0 Å². The Hall–Kier alpha value is -0.590. The average Bonchev–Trinajstić information content (AvgIpc) is 2.30. The van der Waals surface area contributed by atoms with Crippen molar-refractivity contribution in [3.8, 4) is 11.4 Å². The van der Waals surface area contributed by atoms with Crippen LogP contribution in [0.3, 0.4) is 0 Å². The van der Waals surface area contributed by atoms with Crippen molar-refractivity contribution < 1.29 is 38.3 Å². The van der Waals surface area contributed by atoms with Gasteiger partial charge in [0, 0.05) is 18.0 Å². The summed E-state index contributed by atoms with van der Waals surface area (Å²) >= 11 is -2.27. The third kappa shape index (κ3) is 3.20. The summed E-state index contributed by atoms with van der Waals surface area (Å²) < 4.78 is 21.1. The molecule has 0 spiro atoms. The van der Waals surface area contributed by atoms with Gasteiger partial charge in [-0.1, -0.05) is 30.3 Å². The van der Waals surface area contributed by atoms with Crippen molar-refractivity contribution in [2.75, 3.05) is 0 Å². The van der Waals surface area contributed by atoms with E-state index >= 15 is 0 Å². The first kappa shape index (κ1) is 13.5. The van der Waals surface area contributed by atoms with Crippen molar-refractivity contribution in [3.05, 3.63) is 42.7 Å². The SMILES string of the molecule is O=S([O-])c1cnc(-c2ccccc2)nc1.[Na+]. The Morgan fingerprint density at radius 3 is 2.12 bits per heavy atom. The standard InChI is InChI=1S/C10H8N2O2S.Na/c13-15(14)9-6-11-10(12-7-9)8-4-2-1-3-5-8;/h1-7H,(H,13,14);/q;+1/p-1. The Kier molecular flexibility index (Phi) is 5.24. The third-order valence-corrected chi connectivity index (χ3v) is 2.45. The van der Waals surface area contributed by atoms with Crippen LogP contribution in [0.4, 0.5) is 0 Å². The molecule has 0 saturated carbocycles. The molecule has 1 aromatic carbocycles. The zero-order valence-electron chi connectivity index (χ0n) is 8.66. The van der Waals surface area contributed by atoms with Crippen molar-refractivity contribution >= 4 is 11.1 Å². The maximum Gasteiger partial charge on any atom is 1.00 e. The van der Waals surface area contributed by atoms with Gasteiger partial charge in [0.05, 0.1) is 4.90 Å². The van der Waals surface area contributed by atoms with Crippen LogP contribution in [0.2, 0.25) is 0 Å². The molecule has 0 aliphatic carbocycles. The number of hydrogen-bond acceptors (Lipinski definition) is 4. The van der Waals surface area contributed by atoms with Crippen LogP contribution >= 0.6 is 0 Å². The van der Waals surface area contributed by atoms with Gasteiger partial charge in [0.15, 0.2) is 5.82 Å². The fraction of sp³-hybridized carbons (Fsp3) is 0. The van der Waals surface area contributed by atoms with Gasteiger partial charge in [0.25, 0.3) is 0 Å². The summed E-state index contributed by atoms with van der Waals surface area (Å²) in [6, 6.07) is 9.37. The summed E-state index contributed by atoms with van der Waals surface area (Å²) in [5.41, 5.74) is 0.862. The predicted octanol–water partition coefficient (Wildman–Crippen LogP) is -1.61. The van der Waals surface area contributed by atoms with Gasteiger partial charge in [0.2, 0.25) is 0 Å². The van der Waals surface area contributed by atoms with Gasteiger partial charge in [-0.3, -0.25) is 4.21 Å². The van der Waals surface area contributed by atoms with Crippen molar-refractivity contribution in [2.45, 2.75) is 4.90 Å². The second-order valence-corrected chi connectivity index (χ2v) is 3.78. The van der Waals surface area contributed by atoms with E-state index in [1.165, 1.54) is 12.4 Å². The maximum atomic E-state index is 10.6. The number of nitrogens with zero attached hydrogens (tertiary/aromatic N) is 2. The molecule has 0 amide bonds. The first-order valence-corrected chi connectivity index (χ1v) is 5.31. The van der Waals surface area contributed by atoms with Gasteiger partial charge in [-0.2, -0.15) is 0 Å². The van der Waals surface area contributed by atoms with E-state index in [1.807, 2.05) is 30.3 Å². The van der Waals surface area contributed by atoms with E-state index in [0.29, 0.717) is 5.82 Å². The van der Waals surface area contributed by atoms with E-state index in [1.54, 1.807) is 0 Å². The number of aromatic nitrogens is 2. The molecule has 16 heavy (non-hydrogen) atoms. The molecule has 0 bridgehead atoms. The van der Waals surface area contributed by atoms with Gasteiger partial charge >= 0.3 is 29.6 Å². The molecule has 1 unspecified atom stereocenters. The minimum absolute atomic E-state index is 0. The van der Waals surface area contributed by atoms with E-state index in [0.717, 1.165) is 5.56 Å². The summed E-state index contributed by atoms with van der Waals surface area (Å²) in [6.07, 6.45) is 2.58. The Labute approximate surface area is 118 Å². The van der Waals surface area contributed by atoms with Gasteiger partial charge in [-0.25, -0.2) is 9.97 Å². The second-order valence-electron chi connectivity index (χ2n) is 2.84. The molecule has 0 fully saturated rings. The van der Waals surface area contributed by atoms with Crippen LogP contribution in [0.15, 0.2) is 47.6 Å². The van der Waals surface area contributed by atoms with Crippen LogP contribution < -0.4 is 29.6 Å². The van der Waals surface area contributed by atoms with E-state index in [9.17, 15) is 8.76 Å². The smallest absolute Gasteiger partial charge is 0.768 e. The van der Waals surface area contributed by atoms with E-state index < -0.39 is 11.1 Å². The average molecular weight is 242 g/mol. The monoisotopic (exact) mass is 242 g/mol. The fourth-order valence-electron chi connectivity index (χ4n) is 1.14. The summed E-state index contributed by atoms with van der Waals surface area (Å²) in [5, 5.41) is 0. The molecule has 0 aliphatic heterocycles. The molecule has 4 nitrogen and oxygen atoms in total. The third-order valence-electron chi connectivity index (χ3n) is 1.85. The van der Waals surface area contributed by atoms with Gasteiger partial charge in [0.1, 0.15) is 0 Å². The number of hydrogen-bond donors (Lipinski definition) is 0. The van der Waals surface area contributed by atoms with E-state index in [2.05, 4.69) is 9.97 Å². The van der Waals surface area contributed by atoms with E-state index in [-0.39, 0.29) is 34.5 Å². The minimum Gasteiger partial charge on any atom is -0.768 e. The molecule has 0 aliphatic rings. The van der Waals surface area contributed by atoms with Crippen LogP contribution in [0.5, 0.6) is 0 Å². The first-order chi connectivity index (χ1) is 7.27. The molecule has 2 rings (SSSR count). The summed E-state index contributed by atoms with van der Waals surface area (Å²) in [4.78, 5) is 8.02. The molecular formula is C10H7N2NaO2S. The van der Waals surface area contributed by atoms with Crippen molar-refractivity contribution in [1.82, 2.24) is 9.97 Å². The number of benzene rings is 1. The van der Waals surface area contributed by atoms with Crippen LogP contribution in [-0.2, 0) is 11.1 Å². The molecule has 2 aromatic rings.